The molecular formula is C19H27NO4. The van der Waals surface area contributed by atoms with Crippen LogP contribution in [0.15, 0.2) is 30.3 Å². The molecule has 1 aromatic carbocycles. The number of carbonyl (C=O) groups is 3. The average molecular weight is 333 g/mol. The molecule has 0 bridgehead atoms. The van der Waals surface area contributed by atoms with Crippen molar-refractivity contribution in [2.45, 2.75) is 59.1 Å². The van der Waals surface area contributed by atoms with Crippen molar-refractivity contribution < 1.29 is 19.1 Å². The molecule has 0 spiro atoms. The van der Waals surface area contributed by atoms with Gasteiger partial charge in [-0.2, -0.15) is 0 Å². The Kier molecular flexibility index (Phi) is 7.62. The molecule has 0 saturated heterocycles. The summed E-state index contributed by atoms with van der Waals surface area (Å²) >= 11 is 0. The lowest BCUT2D eigenvalue weighted by Gasteiger charge is -2.22. The fourth-order valence-corrected chi connectivity index (χ4v) is 2.49. The summed E-state index contributed by atoms with van der Waals surface area (Å²) in [6.45, 7) is 8.73. The van der Waals surface area contributed by atoms with Gasteiger partial charge < -0.3 is 10.1 Å². The number of benzene rings is 1. The summed E-state index contributed by atoms with van der Waals surface area (Å²) in [5.41, 5.74) is 0.724. The molecule has 132 valence electrons. The van der Waals surface area contributed by atoms with E-state index in [0.717, 1.165) is 5.56 Å². The predicted octanol–water partition coefficient (Wildman–Crippen LogP) is 2.84. The van der Waals surface area contributed by atoms with Crippen LogP contribution in [-0.2, 0) is 19.1 Å². The largest absolute Gasteiger partial charge is 0.462 e. The van der Waals surface area contributed by atoms with Gasteiger partial charge in [0.15, 0.2) is 5.78 Å². The number of ketones is 1. The molecule has 0 saturated carbocycles. The number of ether oxygens (including phenoxy) is 1. The maximum Gasteiger partial charge on any atom is 0.314 e. The van der Waals surface area contributed by atoms with E-state index in [9.17, 15) is 14.4 Å². The Labute approximate surface area is 143 Å². The van der Waals surface area contributed by atoms with Gasteiger partial charge in [0.1, 0.15) is 0 Å². The van der Waals surface area contributed by atoms with Crippen LogP contribution in [-0.4, -0.2) is 29.8 Å². The second kappa shape index (κ2) is 9.21. The smallest absolute Gasteiger partial charge is 0.314 e. The standard InChI is InChI=1S/C19H27NO4/c1-12(2)18(14(5)21)20-17(22)11-16(19(23)24-13(3)4)15-9-7-6-8-10-15/h6-10,12-13,16,18H,11H2,1-5H3,(H,20,22). The number of Topliss-reactive ketones (excluding diaryl/α,β-unsaturated/α-hetero) is 1. The molecule has 0 radical (unpaired) electrons. The number of hydrogen-bond donors (Lipinski definition) is 1. The van der Waals surface area contributed by atoms with E-state index in [1.54, 1.807) is 26.0 Å². The molecule has 2 unspecified atom stereocenters. The van der Waals surface area contributed by atoms with Gasteiger partial charge in [0.05, 0.1) is 18.1 Å². The van der Waals surface area contributed by atoms with Gasteiger partial charge in [-0.1, -0.05) is 44.2 Å². The molecule has 0 aliphatic heterocycles. The third-order valence-electron chi connectivity index (χ3n) is 3.65. The third-order valence-corrected chi connectivity index (χ3v) is 3.65. The first-order valence-corrected chi connectivity index (χ1v) is 8.27. The van der Waals surface area contributed by atoms with Crippen LogP contribution in [0, 0.1) is 5.92 Å². The van der Waals surface area contributed by atoms with Crippen molar-refractivity contribution in [3.63, 3.8) is 0 Å². The molecule has 1 N–H and O–H groups in total. The number of esters is 1. The Balaban J connectivity index is 2.90. The minimum absolute atomic E-state index is 0.00996. The summed E-state index contributed by atoms with van der Waals surface area (Å²) in [7, 11) is 0. The molecule has 5 heteroatoms. The van der Waals surface area contributed by atoms with E-state index in [0.29, 0.717) is 0 Å². The highest BCUT2D eigenvalue weighted by Crippen LogP contribution is 2.22. The molecular weight excluding hydrogens is 306 g/mol. The van der Waals surface area contributed by atoms with E-state index in [1.807, 2.05) is 32.0 Å². The van der Waals surface area contributed by atoms with E-state index in [1.165, 1.54) is 6.92 Å². The van der Waals surface area contributed by atoms with Crippen molar-refractivity contribution in [3.05, 3.63) is 35.9 Å². The Morgan fingerprint density at radius 2 is 1.62 bits per heavy atom. The first-order valence-electron chi connectivity index (χ1n) is 8.27. The first-order chi connectivity index (χ1) is 11.2. The van der Waals surface area contributed by atoms with E-state index in [-0.39, 0.29) is 30.1 Å². The van der Waals surface area contributed by atoms with Gasteiger partial charge in [-0.25, -0.2) is 0 Å². The Hall–Kier alpha value is -2.17. The van der Waals surface area contributed by atoms with E-state index >= 15 is 0 Å². The molecule has 0 heterocycles. The van der Waals surface area contributed by atoms with E-state index in [2.05, 4.69) is 5.32 Å². The number of amides is 1. The van der Waals surface area contributed by atoms with Crippen molar-refractivity contribution >= 4 is 17.7 Å². The summed E-state index contributed by atoms with van der Waals surface area (Å²) in [5, 5.41) is 2.73. The van der Waals surface area contributed by atoms with Crippen molar-refractivity contribution in [1.82, 2.24) is 5.32 Å². The van der Waals surface area contributed by atoms with Crippen LogP contribution in [0.2, 0.25) is 0 Å². The summed E-state index contributed by atoms with van der Waals surface area (Å²) in [4.78, 5) is 36.4. The van der Waals surface area contributed by atoms with Crippen LogP contribution in [0.1, 0.15) is 52.5 Å². The van der Waals surface area contributed by atoms with E-state index < -0.39 is 17.9 Å². The van der Waals surface area contributed by atoms with Gasteiger partial charge in [-0.05, 0) is 32.3 Å². The summed E-state index contributed by atoms with van der Waals surface area (Å²) < 4.78 is 5.28. The lowest BCUT2D eigenvalue weighted by Crippen LogP contribution is -2.44. The van der Waals surface area contributed by atoms with Crippen molar-refractivity contribution in [2.75, 3.05) is 0 Å². The Morgan fingerprint density at radius 3 is 2.08 bits per heavy atom. The van der Waals surface area contributed by atoms with Crippen LogP contribution in [0.4, 0.5) is 0 Å². The summed E-state index contributed by atoms with van der Waals surface area (Å²) in [5.74, 6) is -1.56. The number of hydrogen-bond acceptors (Lipinski definition) is 4. The minimum atomic E-state index is -0.687. The van der Waals surface area contributed by atoms with Gasteiger partial charge >= 0.3 is 5.97 Å². The zero-order valence-electron chi connectivity index (χ0n) is 15.0. The van der Waals surface area contributed by atoms with Crippen molar-refractivity contribution in [3.8, 4) is 0 Å². The summed E-state index contributed by atoms with van der Waals surface area (Å²) in [6.07, 6.45) is -0.307. The van der Waals surface area contributed by atoms with Crippen LogP contribution < -0.4 is 5.32 Å². The van der Waals surface area contributed by atoms with Gasteiger partial charge in [0.25, 0.3) is 0 Å². The molecule has 1 amide bonds. The molecule has 0 aliphatic carbocycles. The average Bonchev–Trinajstić information content (AvgIpc) is 2.49. The van der Waals surface area contributed by atoms with Gasteiger partial charge in [0.2, 0.25) is 5.91 Å². The third kappa shape index (κ3) is 6.14. The lowest BCUT2D eigenvalue weighted by molar-refractivity contribution is -0.150. The SMILES string of the molecule is CC(=O)C(NC(=O)CC(C(=O)OC(C)C)c1ccccc1)C(C)C. The highest BCUT2D eigenvalue weighted by Gasteiger charge is 2.28. The highest BCUT2D eigenvalue weighted by molar-refractivity contribution is 5.90. The maximum atomic E-state index is 12.4. The summed E-state index contributed by atoms with van der Waals surface area (Å²) in [6, 6.07) is 8.52. The Bertz CT molecular complexity index is 566. The lowest BCUT2D eigenvalue weighted by atomic mass is 9.94. The van der Waals surface area contributed by atoms with Crippen molar-refractivity contribution in [1.29, 1.82) is 0 Å². The number of rotatable bonds is 8. The van der Waals surface area contributed by atoms with Crippen LogP contribution >= 0.6 is 0 Å². The minimum Gasteiger partial charge on any atom is -0.462 e. The normalized spacial score (nSPS) is 13.5. The van der Waals surface area contributed by atoms with Crippen LogP contribution in [0.25, 0.3) is 0 Å². The van der Waals surface area contributed by atoms with Gasteiger partial charge in [-0.15, -0.1) is 0 Å². The monoisotopic (exact) mass is 333 g/mol. The number of carbonyl (C=O) groups excluding carboxylic acids is 3. The molecule has 2 atom stereocenters. The maximum absolute atomic E-state index is 12.4. The molecule has 5 nitrogen and oxygen atoms in total. The van der Waals surface area contributed by atoms with Crippen LogP contribution in [0.3, 0.4) is 0 Å². The first kappa shape index (κ1) is 19.9. The Morgan fingerprint density at radius 1 is 1.04 bits per heavy atom. The quantitative estimate of drug-likeness (QED) is 0.743. The molecule has 1 rings (SSSR count). The zero-order valence-corrected chi connectivity index (χ0v) is 15.0. The fourth-order valence-electron chi connectivity index (χ4n) is 2.49. The van der Waals surface area contributed by atoms with Crippen molar-refractivity contribution in [2.24, 2.45) is 5.92 Å². The van der Waals surface area contributed by atoms with Gasteiger partial charge in [-0.3, -0.25) is 14.4 Å². The predicted molar refractivity (Wildman–Crippen MR) is 92.5 cm³/mol. The van der Waals surface area contributed by atoms with E-state index in [4.69, 9.17) is 4.74 Å². The zero-order chi connectivity index (χ0) is 18.3. The second-order valence-electron chi connectivity index (χ2n) is 6.55. The van der Waals surface area contributed by atoms with Crippen LogP contribution in [0.5, 0.6) is 0 Å². The number of nitrogens with one attached hydrogen (secondary N) is 1. The topological polar surface area (TPSA) is 72.5 Å². The molecule has 1 aromatic rings. The fraction of sp³-hybridized carbons (Fsp3) is 0.526. The molecule has 24 heavy (non-hydrogen) atoms. The van der Waals surface area contributed by atoms with Gasteiger partial charge in [0, 0.05) is 6.42 Å². The molecule has 0 aliphatic rings. The highest BCUT2D eigenvalue weighted by atomic mass is 16.5. The molecule has 0 aromatic heterocycles. The second-order valence-corrected chi connectivity index (χ2v) is 6.55. The molecule has 0 fully saturated rings.